The van der Waals surface area contributed by atoms with E-state index in [0.717, 1.165) is 4.90 Å². The average Bonchev–Trinajstić information content (AvgIpc) is 2.31. The number of halogens is 1. The smallest absolute Gasteiger partial charge is 0.312 e. The second kappa shape index (κ2) is 4.58. The third-order valence-electron chi connectivity index (χ3n) is 2.45. The molecule has 2 rings (SSSR count). The fraction of sp³-hybridized carbons (Fsp3) is 0.0909. The van der Waals surface area contributed by atoms with Crippen LogP contribution in [0.3, 0.4) is 0 Å². The van der Waals surface area contributed by atoms with Crippen LogP contribution in [0.1, 0.15) is 0 Å². The highest BCUT2D eigenvalue weighted by Crippen LogP contribution is 2.21. The summed E-state index contributed by atoms with van der Waals surface area (Å²) in [6, 6.07) is 5.18. The predicted molar refractivity (Wildman–Crippen MR) is 64.8 cm³/mol. The molecular weight excluding hydrogens is 258 g/mol. The second-order valence-corrected chi connectivity index (χ2v) is 4.03. The molecule has 0 bridgehead atoms. The number of hydrogen-bond acceptors (Lipinski definition) is 4. The zero-order valence-electron chi connectivity index (χ0n) is 9.01. The second-order valence-electron chi connectivity index (χ2n) is 3.59. The van der Waals surface area contributed by atoms with Crippen molar-refractivity contribution in [3.63, 3.8) is 0 Å². The van der Waals surface area contributed by atoms with Gasteiger partial charge in [0.1, 0.15) is 0 Å². The third-order valence-corrected chi connectivity index (χ3v) is 2.71. The number of hydrogen-bond donors (Lipinski definition) is 2. The molecule has 18 heavy (non-hydrogen) atoms. The Hall–Kier alpha value is -2.21. The van der Waals surface area contributed by atoms with Crippen molar-refractivity contribution in [2.75, 3.05) is 4.90 Å². The number of urea groups is 1. The molecule has 0 aromatic heterocycles. The monoisotopic (exact) mass is 265 g/mol. The van der Waals surface area contributed by atoms with E-state index in [1.807, 2.05) is 5.32 Å². The lowest BCUT2D eigenvalue weighted by Crippen LogP contribution is -2.58. The Bertz CT molecular complexity index is 541. The van der Waals surface area contributed by atoms with Crippen molar-refractivity contribution >= 4 is 41.3 Å². The lowest BCUT2D eigenvalue weighted by atomic mass is 10.1. The minimum atomic E-state index is -1.28. The van der Waals surface area contributed by atoms with Crippen molar-refractivity contribution in [3.05, 3.63) is 29.3 Å². The summed E-state index contributed by atoms with van der Waals surface area (Å²) < 4.78 is 0. The van der Waals surface area contributed by atoms with E-state index in [2.05, 4.69) is 0 Å². The van der Waals surface area contributed by atoms with Crippen molar-refractivity contribution in [1.29, 1.82) is 5.41 Å². The lowest BCUT2D eigenvalue weighted by Gasteiger charge is -2.28. The van der Waals surface area contributed by atoms with Gasteiger partial charge in [-0.1, -0.05) is 11.6 Å². The van der Waals surface area contributed by atoms with Gasteiger partial charge in [0.05, 0.1) is 5.69 Å². The molecule has 0 unspecified atom stereocenters. The molecule has 1 heterocycles. The first-order chi connectivity index (χ1) is 8.54. The van der Waals surface area contributed by atoms with Crippen LogP contribution in [0.2, 0.25) is 5.02 Å². The van der Waals surface area contributed by atoms with Crippen LogP contribution in [0.4, 0.5) is 10.5 Å². The number of nitrogens with zero attached hydrogens (tertiary/aromatic N) is 1. The summed E-state index contributed by atoms with van der Waals surface area (Å²) in [6.45, 7) is 0. The topological polar surface area (TPSA) is 90.3 Å². The first-order valence-corrected chi connectivity index (χ1v) is 5.37. The molecule has 92 valence electrons. The standard InChI is InChI=1S/C11H8ClN3O3/c12-6-1-3-7(4-2-6)15-10(17)8(5-13)9(16)14-11(15)18/h1-5,8,13H,(H,14,16,18)/t8-/m0/s1. The van der Waals surface area contributed by atoms with Gasteiger partial charge in [0, 0.05) is 11.2 Å². The van der Waals surface area contributed by atoms with E-state index in [1.54, 1.807) is 0 Å². The maximum atomic E-state index is 11.9. The van der Waals surface area contributed by atoms with Crippen LogP contribution in [0.15, 0.2) is 24.3 Å². The van der Waals surface area contributed by atoms with E-state index in [9.17, 15) is 14.4 Å². The van der Waals surface area contributed by atoms with Crippen molar-refractivity contribution in [2.24, 2.45) is 5.92 Å². The molecule has 1 saturated heterocycles. The minimum Gasteiger partial charge on any atom is -0.312 e. The normalized spacial score (nSPS) is 19.7. The van der Waals surface area contributed by atoms with Crippen LogP contribution in [0, 0.1) is 11.3 Å². The summed E-state index contributed by atoms with van der Waals surface area (Å²) in [7, 11) is 0. The van der Waals surface area contributed by atoms with Gasteiger partial charge >= 0.3 is 6.03 Å². The Morgan fingerprint density at radius 1 is 1.22 bits per heavy atom. The molecule has 1 atom stereocenters. The molecular formula is C11H8ClN3O3. The summed E-state index contributed by atoms with van der Waals surface area (Å²) >= 11 is 5.71. The Kier molecular flexibility index (Phi) is 3.12. The molecule has 0 radical (unpaired) electrons. The number of carbonyl (C=O) groups excluding carboxylic acids is 3. The van der Waals surface area contributed by atoms with E-state index in [-0.39, 0.29) is 0 Å². The van der Waals surface area contributed by atoms with Gasteiger partial charge < -0.3 is 5.41 Å². The highest BCUT2D eigenvalue weighted by Gasteiger charge is 2.40. The van der Waals surface area contributed by atoms with Crippen LogP contribution in [-0.4, -0.2) is 24.1 Å². The Balaban J connectivity index is 2.39. The molecule has 6 nitrogen and oxygen atoms in total. The maximum absolute atomic E-state index is 11.9. The van der Waals surface area contributed by atoms with E-state index in [1.165, 1.54) is 24.3 Å². The van der Waals surface area contributed by atoms with Crippen molar-refractivity contribution in [1.82, 2.24) is 5.32 Å². The van der Waals surface area contributed by atoms with Gasteiger partial charge in [0.15, 0.2) is 5.92 Å². The van der Waals surface area contributed by atoms with E-state index in [4.69, 9.17) is 17.0 Å². The molecule has 1 aromatic carbocycles. The number of rotatable bonds is 2. The van der Waals surface area contributed by atoms with Gasteiger partial charge in [-0.2, -0.15) is 0 Å². The fourth-order valence-corrected chi connectivity index (χ4v) is 1.70. The minimum absolute atomic E-state index is 0.293. The molecule has 1 aliphatic rings. The molecule has 0 spiro atoms. The summed E-state index contributed by atoms with van der Waals surface area (Å²) in [5.74, 6) is -2.82. The number of benzene rings is 1. The highest BCUT2D eigenvalue weighted by molar-refractivity contribution is 6.33. The van der Waals surface area contributed by atoms with E-state index >= 15 is 0 Å². The zero-order chi connectivity index (χ0) is 13.3. The molecule has 0 saturated carbocycles. The third kappa shape index (κ3) is 1.98. The first-order valence-electron chi connectivity index (χ1n) is 4.99. The van der Waals surface area contributed by atoms with Gasteiger partial charge in [-0.05, 0) is 24.3 Å². The van der Waals surface area contributed by atoms with Crippen LogP contribution >= 0.6 is 11.6 Å². The van der Waals surface area contributed by atoms with Crippen molar-refractivity contribution < 1.29 is 14.4 Å². The Morgan fingerprint density at radius 2 is 1.83 bits per heavy atom. The van der Waals surface area contributed by atoms with Gasteiger partial charge in [0.25, 0.3) is 5.91 Å². The SMILES string of the molecule is N=C[C@H]1C(=O)NC(=O)N(c2ccc(Cl)cc2)C1=O. The molecule has 4 amide bonds. The summed E-state index contributed by atoms with van der Waals surface area (Å²) in [5, 5.41) is 9.52. The Morgan fingerprint density at radius 3 is 2.39 bits per heavy atom. The Labute approximate surface area is 107 Å². The van der Waals surface area contributed by atoms with Crippen LogP contribution < -0.4 is 10.2 Å². The number of imide groups is 2. The first kappa shape index (κ1) is 12.3. The van der Waals surface area contributed by atoms with E-state index in [0.29, 0.717) is 16.9 Å². The van der Waals surface area contributed by atoms with Crippen LogP contribution in [-0.2, 0) is 9.59 Å². The quantitative estimate of drug-likeness (QED) is 0.622. The molecule has 1 fully saturated rings. The average molecular weight is 266 g/mol. The summed E-state index contributed by atoms with van der Waals surface area (Å²) in [6.07, 6.45) is 0.701. The number of barbiturate groups is 1. The van der Waals surface area contributed by atoms with Gasteiger partial charge in [-0.25, -0.2) is 9.69 Å². The summed E-state index contributed by atoms with van der Waals surface area (Å²) in [4.78, 5) is 35.7. The predicted octanol–water partition coefficient (Wildman–Crippen LogP) is 1.19. The number of carbonyl (C=O) groups is 3. The molecule has 1 aliphatic heterocycles. The maximum Gasteiger partial charge on any atom is 0.335 e. The largest absolute Gasteiger partial charge is 0.335 e. The molecule has 1 aromatic rings. The molecule has 7 heteroatoms. The number of amides is 4. The number of anilines is 1. The highest BCUT2D eigenvalue weighted by atomic mass is 35.5. The van der Waals surface area contributed by atoms with E-state index < -0.39 is 23.8 Å². The van der Waals surface area contributed by atoms with Crippen molar-refractivity contribution in [2.45, 2.75) is 0 Å². The number of nitrogens with one attached hydrogen (secondary N) is 2. The van der Waals surface area contributed by atoms with Gasteiger partial charge in [-0.3, -0.25) is 14.9 Å². The molecule has 2 N–H and O–H groups in total. The van der Waals surface area contributed by atoms with Gasteiger partial charge in [-0.15, -0.1) is 0 Å². The summed E-state index contributed by atoms with van der Waals surface area (Å²) in [5.41, 5.74) is 0.293. The fourth-order valence-electron chi connectivity index (χ4n) is 1.57. The van der Waals surface area contributed by atoms with Crippen LogP contribution in [0.25, 0.3) is 0 Å². The van der Waals surface area contributed by atoms with Crippen LogP contribution in [0.5, 0.6) is 0 Å². The lowest BCUT2D eigenvalue weighted by molar-refractivity contribution is -0.131. The van der Waals surface area contributed by atoms with Gasteiger partial charge in [0.2, 0.25) is 5.91 Å². The van der Waals surface area contributed by atoms with Crippen molar-refractivity contribution in [3.8, 4) is 0 Å². The molecule has 0 aliphatic carbocycles. The zero-order valence-corrected chi connectivity index (χ0v) is 9.77.